The van der Waals surface area contributed by atoms with Crippen molar-refractivity contribution in [3.8, 4) is 0 Å². The van der Waals surface area contributed by atoms with Gasteiger partial charge in [-0.15, -0.1) is 0 Å². The summed E-state index contributed by atoms with van der Waals surface area (Å²) in [6, 6.07) is 0.587. The Morgan fingerprint density at radius 3 is 2.50 bits per heavy atom. The number of hydrogen-bond donors (Lipinski definition) is 1. The Kier molecular flexibility index (Phi) is 3.56. The van der Waals surface area contributed by atoms with Crippen molar-refractivity contribution < 1.29 is 8.42 Å². The van der Waals surface area contributed by atoms with Gasteiger partial charge >= 0.3 is 0 Å². The molecule has 16 heavy (non-hydrogen) atoms. The second-order valence-electron chi connectivity index (χ2n) is 5.30. The summed E-state index contributed by atoms with van der Waals surface area (Å²) in [6.45, 7) is 3.48. The number of rotatable bonds is 7. The topological polar surface area (TPSA) is 49.4 Å². The third kappa shape index (κ3) is 3.43. The molecule has 2 rings (SSSR count). The molecule has 0 aromatic heterocycles. The normalized spacial score (nSPS) is 29.7. The van der Waals surface area contributed by atoms with Gasteiger partial charge in [0.25, 0.3) is 0 Å². The minimum Gasteiger partial charge on any atom is -0.313 e. The van der Waals surface area contributed by atoms with E-state index >= 15 is 0 Å². The average molecular weight is 246 g/mol. The zero-order valence-corrected chi connectivity index (χ0v) is 11.0. The van der Waals surface area contributed by atoms with Crippen molar-refractivity contribution in [1.29, 1.82) is 0 Å². The molecule has 2 aliphatic rings. The summed E-state index contributed by atoms with van der Waals surface area (Å²) in [6.07, 6.45) is 3.59. The molecule has 2 aliphatic carbocycles. The van der Waals surface area contributed by atoms with Gasteiger partial charge in [-0.1, -0.05) is 6.92 Å². The fraction of sp³-hybridized carbons (Fsp3) is 1.00. The third-order valence-corrected chi connectivity index (χ3v) is 5.43. The van der Waals surface area contributed by atoms with Crippen LogP contribution in [0.15, 0.2) is 0 Å². The number of nitrogens with zero attached hydrogens (tertiary/aromatic N) is 1. The number of sulfonamides is 1. The summed E-state index contributed by atoms with van der Waals surface area (Å²) in [5.41, 5.74) is 0. The smallest absolute Gasteiger partial charge is 0.215 e. The fourth-order valence-corrected chi connectivity index (χ4v) is 3.04. The summed E-state index contributed by atoms with van der Waals surface area (Å²) in [4.78, 5) is 0. The molecule has 2 saturated carbocycles. The van der Waals surface area contributed by atoms with Crippen LogP contribution < -0.4 is 5.32 Å². The third-order valence-electron chi connectivity index (χ3n) is 3.61. The van der Waals surface area contributed by atoms with Crippen LogP contribution in [0.2, 0.25) is 0 Å². The molecule has 0 amide bonds. The molecule has 0 radical (unpaired) electrons. The van der Waals surface area contributed by atoms with Crippen LogP contribution in [-0.4, -0.2) is 44.7 Å². The molecule has 1 N–H and O–H groups in total. The van der Waals surface area contributed by atoms with Crippen molar-refractivity contribution in [2.24, 2.45) is 11.8 Å². The first-order chi connectivity index (χ1) is 7.49. The molecular weight excluding hydrogens is 224 g/mol. The lowest BCUT2D eigenvalue weighted by molar-refractivity contribution is 0.443. The molecular formula is C11H22N2O2S. The molecule has 94 valence electrons. The van der Waals surface area contributed by atoms with E-state index in [1.807, 2.05) is 0 Å². The maximum atomic E-state index is 11.9. The number of nitrogens with one attached hydrogen (secondary N) is 1. The van der Waals surface area contributed by atoms with Crippen LogP contribution in [0.25, 0.3) is 0 Å². The van der Waals surface area contributed by atoms with Crippen molar-refractivity contribution >= 4 is 10.0 Å². The fourth-order valence-electron chi connectivity index (χ4n) is 1.93. The van der Waals surface area contributed by atoms with E-state index in [0.29, 0.717) is 31.0 Å². The van der Waals surface area contributed by atoms with Crippen LogP contribution >= 0.6 is 0 Å². The highest BCUT2D eigenvalue weighted by atomic mass is 32.2. The predicted octanol–water partition coefficient (Wildman–Crippen LogP) is 0.656. The lowest BCUT2D eigenvalue weighted by Crippen LogP contribution is -2.35. The summed E-state index contributed by atoms with van der Waals surface area (Å²) in [7, 11) is -1.33. The monoisotopic (exact) mass is 246 g/mol. The largest absolute Gasteiger partial charge is 0.313 e. The van der Waals surface area contributed by atoms with Gasteiger partial charge in [-0.25, -0.2) is 12.7 Å². The van der Waals surface area contributed by atoms with Gasteiger partial charge in [-0.05, 0) is 31.1 Å². The van der Waals surface area contributed by atoms with Crippen LogP contribution in [0.1, 0.15) is 26.2 Å². The highest BCUT2D eigenvalue weighted by Gasteiger charge is 2.35. The van der Waals surface area contributed by atoms with E-state index < -0.39 is 10.0 Å². The van der Waals surface area contributed by atoms with Crippen LogP contribution in [-0.2, 0) is 10.0 Å². The van der Waals surface area contributed by atoms with Crippen molar-refractivity contribution in [2.45, 2.75) is 32.2 Å². The van der Waals surface area contributed by atoms with E-state index in [2.05, 4.69) is 12.2 Å². The highest BCUT2D eigenvalue weighted by Crippen LogP contribution is 2.38. The zero-order chi connectivity index (χ0) is 11.8. The molecule has 0 aromatic rings. The molecule has 5 heteroatoms. The molecule has 0 aliphatic heterocycles. The predicted molar refractivity (Wildman–Crippen MR) is 64.7 cm³/mol. The lowest BCUT2D eigenvalue weighted by Gasteiger charge is -2.17. The van der Waals surface area contributed by atoms with Crippen LogP contribution in [0, 0.1) is 11.8 Å². The van der Waals surface area contributed by atoms with E-state index in [0.717, 1.165) is 0 Å². The van der Waals surface area contributed by atoms with Crippen molar-refractivity contribution in [3.05, 3.63) is 0 Å². The van der Waals surface area contributed by atoms with Gasteiger partial charge in [0.05, 0.1) is 5.75 Å². The number of hydrogen-bond acceptors (Lipinski definition) is 3. The minimum atomic E-state index is -3.04. The Morgan fingerprint density at radius 1 is 1.38 bits per heavy atom. The Hall–Kier alpha value is -0.130. The molecule has 4 nitrogen and oxygen atoms in total. The lowest BCUT2D eigenvalue weighted by atomic mass is 10.3. The Labute approximate surface area is 98.4 Å². The maximum Gasteiger partial charge on any atom is 0.215 e. The molecule has 0 spiro atoms. The Bertz CT molecular complexity index is 338. The molecule has 0 saturated heterocycles. The molecule has 2 fully saturated rings. The van der Waals surface area contributed by atoms with Crippen molar-refractivity contribution in [2.75, 3.05) is 25.9 Å². The highest BCUT2D eigenvalue weighted by molar-refractivity contribution is 7.89. The Balaban J connectivity index is 1.71. The first-order valence-corrected chi connectivity index (χ1v) is 7.77. The average Bonchev–Trinajstić information content (AvgIpc) is 3.07. The van der Waals surface area contributed by atoms with Crippen LogP contribution in [0.3, 0.4) is 0 Å². The zero-order valence-electron chi connectivity index (χ0n) is 10.1. The first-order valence-electron chi connectivity index (χ1n) is 6.16. The van der Waals surface area contributed by atoms with Crippen molar-refractivity contribution in [3.63, 3.8) is 0 Å². The molecule has 0 aromatic carbocycles. The summed E-state index contributed by atoms with van der Waals surface area (Å²) in [5, 5.41) is 3.24. The SMILES string of the molecule is CC1CC1CN(C)S(=O)(=O)CCNC1CC1. The van der Waals surface area contributed by atoms with Gasteiger partial charge in [0.15, 0.2) is 0 Å². The van der Waals surface area contributed by atoms with Gasteiger partial charge in [-0.2, -0.15) is 0 Å². The first kappa shape index (κ1) is 12.3. The van der Waals surface area contributed by atoms with E-state index in [4.69, 9.17) is 0 Å². The van der Waals surface area contributed by atoms with Crippen LogP contribution in [0.4, 0.5) is 0 Å². The second-order valence-corrected chi connectivity index (χ2v) is 7.49. The minimum absolute atomic E-state index is 0.237. The molecule has 2 unspecified atom stereocenters. The van der Waals surface area contributed by atoms with Crippen LogP contribution in [0.5, 0.6) is 0 Å². The van der Waals surface area contributed by atoms with Gasteiger partial charge < -0.3 is 5.32 Å². The van der Waals surface area contributed by atoms with E-state index in [1.165, 1.54) is 23.6 Å². The van der Waals surface area contributed by atoms with Gasteiger partial charge in [-0.3, -0.25) is 0 Å². The van der Waals surface area contributed by atoms with Gasteiger partial charge in [0, 0.05) is 26.2 Å². The van der Waals surface area contributed by atoms with Crippen molar-refractivity contribution in [1.82, 2.24) is 9.62 Å². The van der Waals surface area contributed by atoms with Gasteiger partial charge in [0.1, 0.15) is 0 Å². The summed E-state index contributed by atoms with van der Waals surface area (Å²) in [5.74, 6) is 1.54. The molecule has 0 bridgehead atoms. The summed E-state index contributed by atoms with van der Waals surface area (Å²) < 4.78 is 25.3. The Morgan fingerprint density at radius 2 is 2.00 bits per heavy atom. The quantitative estimate of drug-likeness (QED) is 0.718. The van der Waals surface area contributed by atoms with E-state index in [-0.39, 0.29) is 5.75 Å². The summed E-state index contributed by atoms with van der Waals surface area (Å²) >= 11 is 0. The van der Waals surface area contributed by atoms with Gasteiger partial charge in [0.2, 0.25) is 10.0 Å². The van der Waals surface area contributed by atoms with E-state index in [1.54, 1.807) is 7.05 Å². The maximum absolute atomic E-state index is 11.9. The van der Waals surface area contributed by atoms with E-state index in [9.17, 15) is 8.42 Å². The molecule has 2 atom stereocenters. The second kappa shape index (κ2) is 4.63. The molecule has 0 heterocycles. The standard InChI is InChI=1S/C11H22N2O2S/c1-9-7-10(9)8-13(2)16(14,15)6-5-12-11-3-4-11/h9-12H,3-8H2,1-2H3.